The van der Waals surface area contributed by atoms with Crippen LogP contribution in [0.25, 0.3) is 0 Å². The summed E-state index contributed by atoms with van der Waals surface area (Å²) in [4.78, 5) is 14.0. The van der Waals surface area contributed by atoms with E-state index in [1.807, 2.05) is 7.05 Å². The van der Waals surface area contributed by atoms with Gasteiger partial charge in [-0.15, -0.1) is 12.4 Å². The Balaban J connectivity index is 0.00000242. The van der Waals surface area contributed by atoms with Crippen molar-refractivity contribution < 1.29 is 13.2 Å². The SMILES string of the molecule is CNCCN(C)C(=O)c1cccc(S(=O)(=O)NC2CC2)c1.Cl. The minimum Gasteiger partial charge on any atom is -0.340 e. The molecule has 1 aromatic carbocycles. The Morgan fingerprint density at radius 1 is 1.36 bits per heavy atom. The van der Waals surface area contributed by atoms with E-state index in [2.05, 4.69) is 10.0 Å². The van der Waals surface area contributed by atoms with E-state index in [1.165, 1.54) is 12.1 Å². The lowest BCUT2D eigenvalue weighted by atomic mass is 10.2. The van der Waals surface area contributed by atoms with Gasteiger partial charge in [0, 0.05) is 31.7 Å². The molecule has 0 saturated heterocycles. The predicted octanol–water partition coefficient (Wildman–Crippen LogP) is 0.841. The smallest absolute Gasteiger partial charge is 0.253 e. The van der Waals surface area contributed by atoms with E-state index in [0.29, 0.717) is 18.7 Å². The minimum atomic E-state index is -3.53. The standard InChI is InChI=1S/C14H21N3O3S.ClH/c1-15-8-9-17(2)14(18)11-4-3-5-13(10-11)21(19,20)16-12-6-7-12;/h3-5,10,12,15-16H,6-9H2,1-2H3;1H. The van der Waals surface area contributed by atoms with Crippen molar-refractivity contribution in [3.05, 3.63) is 29.8 Å². The Hall–Kier alpha value is -1.15. The highest BCUT2D eigenvalue weighted by atomic mass is 35.5. The van der Waals surface area contributed by atoms with E-state index < -0.39 is 10.0 Å². The summed E-state index contributed by atoms with van der Waals surface area (Å²) in [5.74, 6) is -0.186. The molecule has 2 N–H and O–H groups in total. The fourth-order valence-corrected chi connectivity index (χ4v) is 3.24. The minimum absolute atomic E-state index is 0. The van der Waals surface area contributed by atoms with E-state index in [9.17, 15) is 13.2 Å². The summed E-state index contributed by atoms with van der Waals surface area (Å²) in [6, 6.07) is 6.22. The Morgan fingerprint density at radius 3 is 2.64 bits per heavy atom. The molecule has 0 spiro atoms. The first-order valence-corrected chi connectivity index (χ1v) is 8.45. The topological polar surface area (TPSA) is 78.5 Å². The molecule has 1 aliphatic carbocycles. The van der Waals surface area contributed by atoms with Crippen LogP contribution in [0.1, 0.15) is 23.2 Å². The number of nitrogens with zero attached hydrogens (tertiary/aromatic N) is 1. The molecule has 0 aromatic heterocycles. The molecular weight excluding hydrogens is 326 g/mol. The fraction of sp³-hybridized carbons (Fsp3) is 0.500. The van der Waals surface area contributed by atoms with Gasteiger partial charge in [0.15, 0.2) is 0 Å². The highest BCUT2D eigenvalue weighted by Gasteiger charge is 2.28. The van der Waals surface area contributed by atoms with Gasteiger partial charge in [-0.3, -0.25) is 4.79 Å². The molecule has 0 bridgehead atoms. The van der Waals surface area contributed by atoms with Gasteiger partial charge in [-0.05, 0) is 38.1 Å². The number of carbonyl (C=O) groups is 1. The molecule has 2 rings (SSSR count). The normalized spacial score (nSPS) is 14.3. The first-order valence-electron chi connectivity index (χ1n) is 6.96. The third-order valence-electron chi connectivity index (χ3n) is 3.33. The van der Waals surface area contributed by atoms with Gasteiger partial charge in [0.2, 0.25) is 10.0 Å². The summed E-state index contributed by atoms with van der Waals surface area (Å²) >= 11 is 0. The van der Waals surface area contributed by atoms with Crippen LogP contribution in [0.5, 0.6) is 0 Å². The Labute approximate surface area is 137 Å². The molecule has 0 aliphatic heterocycles. The number of hydrogen-bond acceptors (Lipinski definition) is 4. The Bertz CT molecular complexity index is 618. The fourth-order valence-electron chi connectivity index (χ4n) is 1.89. The predicted molar refractivity (Wildman–Crippen MR) is 87.9 cm³/mol. The molecule has 0 unspecified atom stereocenters. The van der Waals surface area contributed by atoms with Gasteiger partial charge in [0.05, 0.1) is 4.90 Å². The van der Waals surface area contributed by atoms with Crippen LogP contribution in [-0.2, 0) is 10.0 Å². The van der Waals surface area contributed by atoms with Crippen LogP contribution in [-0.4, -0.2) is 52.5 Å². The molecule has 1 saturated carbocycles. The summed E-state index contributed by atoms with van der Waals surface area (Å²) in [6.45, 7) is 1.25. The van der Waals surface area contributed by atoms with E-state index in [4.69, 9.17) is 0 Å². The maximum absolute atomic E-state index is 12.2. The first-order chi connectivity index (χ1) is 9.94. The van der Waals surface area contributed by atoms with Crippen LogP contribution >= 0.6 is 12.4 Å². The summed E-state index contributed by atoms with van der Waals surface area (Å²) in [5.41, 5.74) is 0.382. The molecule has 1 aromatic rings. The monoisotopic (exact) mass is 347 g/mol. The van der Waals surface area contributed by atoms with Gasteiger partial charge in [-0.1, -0.05) is 6.07 Å². The zero-order chi connectivity index (χ0) is 15.5. The van der Waals surface area contributed by atoms with E-state index >= 15 is 0 Å². The third kappa shape index (κ3) is 4.95. The van der Waals surface area contributed by atoms with Crippen molar-refractivity contribution in [3.8, 4) is 0 Å². The molecule has 0 atom stereocenters. The lowest BCUT2D eigenvalue weighted by Crippen LogP contribution is -2.33. The molecule has 0 heterocycles. The summed E-state index contributed by atoms with van der Waals surface area (Å²) in [5, 5.41) is 2.97. The first kappa shape index (κ1) is 18.9. The summed E-state index contributed by atoms with van der Waals surface area (Å²) in [7, 11) is -0.0165. The summed E-state index contributed by atoms with van der Waals surface area (Å²) in [6.07, 6.45) is 1.76. The van der Waals surface area contributed by atoms with Crippen molar-refractivity contribution in [1.29, 1.82) is 0 Å². The van der Waals surface area contributed by atoms with E-state index in [0.717, 1.165) is 12.8 Å². The highest BCUT2D eigenvalue weighted by molar-refractivity contribution is 7.89. The Kier molecular flexibility index (Phi) is 6.80. The van der Waals surface area contributed by atoms with Crippen LogP contribution in [0.4, 0.5) is 0 Å². The second-order valence-corrected chi connectivity index (χ2v) is 6.97. The molecule has 124 valence electrons. The van der Waals surface area contributed by atoms with Crippen LogP contribution in [0.2, 0.25) is 0 Å². The molecule has 6 nitrogen and oxygen atoms in total. The number of sulfonamides is 1. The number of rotatable bonds is 7. The van der Waals surface area contributed by atoms with Gasteiger partial charge in [0.25, 0.3) is 5.91 Å². The zero-order valence-corrected chi connectivity index (χ0v) is 14.3. The van der Waals surface area contributed by atoms with E-state index in [1.54, 1.807) is 24.1 Å². The average molecular weight is 348 g/mol. The van der Waals surface area contributed by atoms with Gasteiger partial charge >= 0.3 is 0 Å². The number of nitrogens with one attached hydrogen (secondary N) is 2. The van der Waals surface area contributed by atoms with Crippen molar-refractivity contribution in [2.45, 2.75) is 23.8 Å². The van der Waals surface area contributed by atoms with Crippen molar-refractivity contribution in [1.82, 2.24) is 14.9 Å². The van der Waals surface area contributed by atoms with Gasteiger partial charge in [0.1, 0.15) is 0 Å². The lowest BCUT2D eigenvalue weighted by Gasteiger charge is -2.17. The quantitative estimate of drug-likeness (QED) is 0.766. The largest absolute Gasteiger partial charge is 0.340 e. The van der Waals surface area contributed by atoms with Gasteiger partial charge in [-0.2, -0.15) is 0 Å². The molecular formula is C14H22ClN3O3S. The molecule has 1 amide bonds. The molecule has 0 radical (unpaired) electrons. The van der Waals surface area contributed by atoms with Crippen molar-refractivity contribution >= 4 is 28.3 Å². The number of halogens is 1. The number of amides is 1. The van der Waals surface area contributed by atoms with Crippen LogP contribution in [0.15, 0.2) is 29.2 Å². The maximum Gasteiger partial charge on any atom is 0.253 e. The third-order valence-corrected chi connectivity index (χ3v) is 4.85. The maximum atomic E-state index is 12.2. The second kappa shape index (κ2) is 7.92. The van der Waals surface area contributed by atoms with Gasteiger partial charge < -0.3 is 10.2 Å². The number of hydrogen-bond donors (Lipinski definition) is 2. The van der Waals surface area contributed by atoms with Crippen molar-refractivity contribution in [3.63, 3.8) is 0 Å². The van der Waals surface area contributed by atoms with Crippen LogP contribution in [0, 0.1) is 0 Å². The lowest BCUT2D eigenvalue weighted by molar-refractivity contribution is 0.0796. The Morgan fingerprint density at radius 2 is 2.05 bits per heavy atom. The second-order valence-electron chi connectivity index (χ2n) is 5.25. The number of carbonyl (C=O) groups excluding carboxylic acids is 1. The number of benzene rings is 1. The van der Waals surface area contributed by atoms with Crippen LogP contribution in [0.3, 0.4) is 0 Å². The van der Waals surface area contributed by atoms with Gasteiger partial charge in [-0.25, -0.2) is 13.1 Å². The molecule has 1 fully saturated rings. The zero-order valence-electron chi connectivity index (χ0n) is 12.7. The highest BCUT2D eigenvalue weighted by Crippen LogP contribution is 2.22. The summed E-state index contributed by atoms with van der Waals surface area (Å²) < 4.78 is 26.9. The van der Waals surface area contributed by atoms with Crippen LogP contribution < -0.4 is 10.0 Å². The molecule has 22 heavy (non-hydrogen) atoms. The molecule has 8 heteroatoms. The van der Waals surface area contributed by atoms with Crippen molar-refractivity contribution in [2.24, 2.45) is 0 Å². The number of likely N-dealkylation sites (N-methyl/N-ethyl adjacent to an activating group) is 2. The van der Waals surface area contributed by atoms with E-state index in [-0.39, 0.29) is 29.3 Å². The average Bonchev–Trinajstić information content (AvgIpc) is 3.27. The van der Waals surface area contributed by atoms with Crippen molar-refractivity contribution in [2.75, 3.05) is 27.2 Å². The molecule has 1 aliphatic rings.